The van der Waals surface area contributed by atoms with Gasteiger partial charge >= 0.3 is 0 Å². The van der Waals surface area contributed by atoms with Gasteiger partial charge in [-0.1, -0.05) is 12.1 Å². The summed E-state index contributed by atoms with van der Waals surface area (Å²) in [4.78, 5) is 16.1. The van der Waals surface area contributed by atoms with Gasteiger partial charge in [-0.25, -0.2) is 4.98 Å². The Labute approximate surface area is 115 Å². The summed E-state index contributed by atoms with van der Waals surface area (Å²) < 4.78 is 0. The van der Waals surface area contributed by atoms with Crippen molar-refractivity contribution < 1.29 is 4.79 Å². The number of anilines is 1. The van der Waals surface area contributed by atoms with Gasteiger partial charge in [0, 0.05) is 16.7 Å². The van der Waals surface area contributed by atoms with Crippen molar-refractivity contribution in [1.29, 1.82) is 0 Å². The van der Waals surface area contributed by atoms with Crippen LogP contribution in [0.15, 0.2) is 29.6 Å². The van der Waals surface area contributed by atoms with Crippen LogP contribution in [0.25, 0.3) is 0 Å². The molecule has 0 aliphatic rings. The molecular formula is C13H14N2OS2. The molecule has 2 aromatic rings. The van der Waals surface area contributed by atoms with Crippen LogP contribution in [0.2, 0.25) is 0 Å². The quantitative estimate of drug-likeness (QED) is 0.929. The first-order valence-corrected chi connectivity index (χ1v) is 7.78. The predicted molar refractivity (Wildman–Crippen MR) is 78.5 cm³/mol. The van der Waals surface area contributed by atoms with E-state index in [-0.39, 0.29) is 5.91 Å². The first-order chi connectivity index (χ1) is 8.69. The fourth-order valence-electron chi connectivity index (χ4n) is 1.50. The largest absolute Gasteiger partial charge is 0.298 e. The Bertz CT molecular complexity index is 534. The Morgan fingerprint density at radius 2 is 2.11 bits per heavy atom. The maximum absolute atomic E-state index is 11.9. The second-order valence-corrected chi connectivity index (χ2v) is 5.60. The van der Waals surface area contributed by atoms with Gasteiger partial charge in [0.15, 0.2) is 5.13 Å². The third kappa shape index (κ3) is 3.34. The molecule has 0 aliphatic heterocycles. The van der Waals surface area contributed by atoms with Gasteiger partial charge in [0.25, 0.3) is 5.91 Å². The number of thiazole rings is 1. The predicted octanol–water partition coefficient (Wildman–Crippen LogP) is 3.57. The fourth-order valence-corrected chi connectivity index (χ4v) is 2.71. The maximum Gasteiger partial charge on any atom is 0.257 e. The fraction of sp³-hybridized carbons (Fsp3) is 0.231. The van der Waals surface area contributed by atoms with E-state index >= 15 is 0 Å². The number of amides is 1. The van der Waals surface area contributed by atoms with Crippen molar-refractivity contribution in [2.75, 3.05) is 11.6 Å². The molecule has 0 saturated carbocycles. The lowest BCUT2D eigenvalue weighted by molar-refractivity contribution is 0.102. The highest BCUT2D eigenvalue weighted by atomic mass is 32.2. The van der Waals surface area contributed by atoms with E-state index in [4.69, 9.17) is 0 Å². The molecule has 1 aromatic heterocycles. The smallest absolute Gasteiger partial charge is 0.257 e. The second kappa shape index (κ2) is 6.02. The molecule has 1 aromatic carbocycles. The molecular weight excluding hydrogens is 264 g/mol. The summed E-state index contributed by atoms with van der Waals surface area (Å²) >= 11 is 3.20. The first kappa shape index (κ1) is 13.1. The minimum Gasteiger partial charge on any atom is -0.298 e. The third-order valence-corrected chi connectivity index (χ3v) is 3.86. The van der Waals surface area contributed by atoms with Gasteiger partial charge in [0.2, 0.25) is 0 Å². The average Bonchev–Trinajstić information content (AvgIpc) is 2.76. The number of hydrogen-bond donors (Lipinski definition) is 1. The maximum atomic E-state index is 11.9. The van der Waals surface area contributed by atoms with Gasteiger partial charge in [0.1, 0.15) is 0 Å². The van der Waals surface area contributed by atoms with Crippen LogP contribution >= 0.6 is 23.1 Å². The molecule has 0 atom stereocenters. The van der Waals surface area contributed by atoms with Gasteiger partial charge in [-0.05, 0) is 30.9 Å². The van der Waals surface area contributed by atoms with Gasteiger partial charge < -0.3 is 0 Å². The van der Waals surface area contributed by atoms with Crippen LogP contribution in [0.1, 0.15) is 21.6 Å². The van der Waals surface area contributed by atoms with E-state index < -0.39 is 0 Å². The van der Waals surface area contributed by atoms with Crippen LogP contribution in [-0.2, 0) is 5.75 Å². The first-order valence-electron chi connectivity index (χ1n) is 5.50. The molecule has 5 heteroatoms. The van der Waals surface area contributed by atoms with E-state index in [1.807, 2.05) is 36.6 Å². The standard InChI is InChI=1S/C13H14N2OS2/c1-9-7-18-13(14-9)15-12(16)11-5-3-10(4-6-11)8-17-2/h3-7H,8H2,1-2H3,(H,14,15,16). The van der Waals surface area contributed by atoms with Crippen molar-refractivity contribution in [3.63, 3.8) is 0 Å². The summed E-state index contributed by atoms with van der Waals surface area (Å²) in [7, 11) is 0. The zero-order chi connectivity index (χ0) is 13.0. The zero-order valence-corrected chi connectivity index (χ0v) is 11.9. The Morgan fingerprint density at radius 1 is 1.39 bits per heavy atom. The number of hydrogen-bond acceptors (Lipinski definition) is 4. The molecule has 0 saturated heterocycles. The zero-order valence-electron chi connectivity index (χ0n) is 10.3. The van der Waals surface area contributed by atoms with Crippen LogP contribution in [0, 0.1) is 6.92 Å². The number of thioether (sulfide) groups is 1. The number of benzene rings is 1. The molecule has 2 rings (SSSR count). The summed E-state index contributed by atoms with van der Waals surface area (Å²) in [6.45, 7) is 1.91. The lowest BCUT2D eigenvalue weighted by Crippen LogP contribution is -2.11. The molecule has 0 unspecified atom stereocenters. The van der Waals surface area contributed by atoms with E-state index in [1.165, 1.54) is 16.9 Å². The number of aryl methyl sites for hydroxylation is 1. The summed E-state index contributed by atoms with van der Waals surface area (Å²) in [5.74, 6) is 0.855. The van der Waals surface area contributed by atoms with Gasteiger partial charge in [0.05, 0.1) is 5.69 Å². The topological polar surface area (TPSA) is 42.0 Å². The van der Waals surface area contributed by atoms with E-state index in [9.17, 15) is 4.79 Å². The number of carbonyl (C=O) groups excluding carboxylic acids is 1. The summed E-state index contributed by atoms with van der Waals surface area (Å²) in [6.07, 6.45) is 2.06. The van der Waals surface area contributed by atoms with Crippen LogP contribution in [0.5, 0.6) is 0 Å². The third-order valence-electron chi connectivity index (χ3n) is 2.37. The lowest BCUT2D eigenvalue weighted by Gasteiger charge is -2.03. The molecule has 3 nitrogen and oxygen atoms in total. The molecule has 1 heterocycles. The molecule has 0 fully saturated rings. The van der Waals surface area contributed by atoms with Gasteiger partial charge in [-0.2, -0.15) is 11.8 Å². The van der Waals surface area contributed by atoms with Gasteiger partial charge in [-0.15, -0.1) is 11.3 Å². The van der Waals surface area contributed by atoms with Gasteiger partial charge in [-0.3, -0.25) is 10.1 Å². The van der Waals surface area contributed by atoms with E-state index in [2.05, 4.69) is 16.6 Å². The molecule has 1 N–H and O–H groups in total. The number of carbonyl (C=O) groups is 1. The monoisotopic (exact) mass is 278 g/mol. The van der Waals surface area contributed by atoms with Crippen LogP contribution in [0.3, 0.4) is 0 Å². The van der Waals surface area contributed by atoms with Crippen LogP contribution in [-0.4, -0.2) is 17.1 Å². The number of rotatable bonds is 4. The minimum atomic E-state index is -0.111. The van der Waals surface area contributed by atoms with E-state index in [0.717, 1.165) is 11.4 Å². The highest BCUT2D eigenvalue weighted by Gasteiger charge is 2.07. The van der Waals surface area contributed by atoms with Crippen LogP contribution < -0.4 is 5.32 Å². The summed E-state index contributed by atoms with van der Waals surface area (Å²) in [5.41, 5.74) is 2.81. The van der Waals surface area contributed by atoms with Crippen LogP contribution in [0.4, 0.5) is 5.13 Å². The summed E-state index contributed by atoms with van der Waals surface area (Å²) in [6, 6.07) is 7.67. The second-order valence-electron chi connectivity index (χ2n) is 3.88. The molecule has 1 amide bonds. The number of aromatic nitrogens is 1. The Balaban J connectivity index is 2.04. The summed E-state index contributed by atoms with van der Waals surface area (Å²) in [5, 5.41) is 5.35. The van der Waals surface area contributed by atoms with E-state index in [0.29, 0.717) is 10.7 Å². The van der Waals surface area contributed by atoms with Crippen molar-refractivity contribution >= 4 is 34.1 Å². The molecule has 94 valence electrons. The Kier molecular flexibility index (Phi) is 4.38. The Hall–Kier alpha value is -1.33. The molecule has 0 spiro atoms. The molecule has 0 radical (unpaired) electrons. The van der Waals surface area contributed by atoms with Crippen molar-refractivity contribution in [3.8, 4) is 0 Å². The highest BCUT2D eigenvalue weighted by Crippen LogP contribution is 2.16. The lowest BCUT2D eigenvalue weighted by atomic mass is 10.1. The average molecular weight is 278 g/mol. The minimum absolute atomic E-state index is 0.111. The molecule has 0 aliphatic carbocycles. The molecule has 0 bridgehead atoms. The van der Waals surface area contributed by atoms with Crippen molar-refractivity contribution in [2.24, 2.45) is 0 Å². The number of nitrogens with zero attached hydrogens (tertiary/aromatic N) is 1. The van der Waals surface area contributed by atoms with Crippen molar-refractivity contribution in [2.45, 2.75) is 12.7 Å². The normalized spacial score (nSPS) is 10.3. The highest BCUT2D eigenvalue weighted by molar-refractivity contribution is 7.97. The SMILES string of the molecule is CSCc1ccc(C(=O)Nc2nc(C)cs2)cc1. The molecule has 18 heavy (non-hydrogen) atoms. The van der Waals surface area contributed by atoms with E-state index in [1.54, 1.807) is 11.8 Å². The van der Waals surface area contributed by atoms with Crippen molar-refractivity contribution in [1.82, 2.24) is 4.98 Å². The Morgan fingerprint density at radius 3 is 2.67 bits per heavy atom. The van der Waals surface area contributed by atoms with Crippen molar-refractivity contribution in [3.05, 3.63) is 46.5 Å². The number of nitrogens with one attached hydrogen (secondary N) is 1.